The summed E-state index contributed by atoms with van der Waals surface area (Å²) in [6, 6.07) is 19.6. The molecule has 0 fully saturated rings. The highest BCUT2D eigenvalue weighted by atomic mass is 16.5. The number of rotatable bonds is 4. The summed E-state index contributed by atoms with van der Waals surface area (Å²) in [5, 5.41) is 3.76. The molecule has 0 aliphatic carbocycles. The van der Waals surface area contributed by atoms with Gasteiger partial charge in [0.05, 0.1) is 6.04 Å². The van der Waals surface area contributed by atoms with Gasteiger partial charge in [0.15, 0.2) is 0 Å². The largest absolute Gasteiger partial charge is 0.491 e. The van der Waals surface area contributed by atoms with Gasteiger partial charge < -0.3 is 4.74 Å². The molecule has 1 heterocycles. The first kappa shape index (κ1) is 13.2. The van der Waals surface area contributed by atoms with Crippen LogP contribution in [0.4, 0.5) is 0 Å². The number of hydrogen-bond donors (Lipinski definition) is 1. The molecule has 104 valence electrons. The fraction of sp³-hybridized carbons (Fsp3) is 0.333. The normalized spacial score (nSPS) is 18.6. The Labute approximate surface area is 120 Å². The lowest BCUT2D eigenvalue weighted by atomic mass is 9.94. The van der Waals surface area contributed by atoms with E-state index in [-0.39, 0.29) is 6.04 Å². The van der Waals surface area contributed by atoms with Crippen LogP contribution in [0, 0.1) is 5.92 Å². The molecule has 0 radical (unpaired) electrons. The molecule has 1 aliphatic heterocycles. The third-order valence-corrected chi connectivity index (χ3v) is 3.91. The fourth-order valence-corrected chi connectivity index (χ4v) is 2.85. The van der Waals surface area contributed by atoms with E-state index < -0.39 is 0 Å². The zero-order chi connectivity index (χ0) is 13.9. The Balaban J connectivity index is 1.82. The number of ether oxygens (including phenoxy) is 1. The standard InChI is InChI=1S/C18H21NO/c1-13(2)18(14-8-4-3-5-9-14)19-16-12-20-17-11-7-6-10-15(16)17/h3-11,13,16,18-19H,12H2,1-2H3. The Hall–Kier alpha value is -1.80. The Kier molecular flexibility index (Phi) is 3.75. The summed E-state index contributed by atoms with van der Waals surface area (Å²) >= 11 is 0. The van der Waals surface area contributed by atoms with Crippen molar-refractivity contribution in [2.75, 3.05) is 6.61 Å². The molecule has 20 heavy (non-hydrogen) atoms. The monoisotopic (exact) mass is 267 g/mol. The van der Waals surface area contributed by atoms with E-state index in [1.54, 1.807) is 0 Å². The summed E-state index contributed by atoms with van der Waals surface area (Å²) in [7, 11) is 0. The molecule has 0 amide bonds. The second kappa shape index (κ2) is 5.68. The first-order chi connectivity index (χ1) is 9.75. The van der Waals surface area contributed by atoms with Crippen molar-refractivity contribution >= 4 is 0 Å². The molecule has 2 nitrogen and oxygen atoms in total. The van der Waals surface area contributed by atoms with Crippen LogP contribution < -0.4 is 10.1 Å². The van der Waals surface area contributed by atoms with E-state index in [1.807, 2.05) is 12.1 Å². The minimum absolute atomic E-state index is 0.277. The lowest BCUT2D eigenvalue weighted by molar-refractivity contribution is 0.280. The van der Waals surface area contributed by atoms with E-state index in [2.05, 4.69) is 61.6 Å². The van der Waals surface area contributed by atoms with Crippen molar-refractivity contribution < 1.29 is 4.74 Å². The van der Waals surface area contributed by atoms with Gasteiger partial charge in [0.2, 0.25) is 0 Å². The summed E-state index contributed by atoms with van der Waals surface area (Å²) < 4.78 is 5.77. The van der Waals surface area contributed by atoms with Gasteiger partial charge in [0.1, 0.15) is 12.4 Å². The van der Waals surface area contributed by atoms with Crippen LogP contribution in [0.2, 0.25) is 0 Å². The van der Waals surface area contributed by atoms with E-state index in [4.69, 9.17) is 4.74 Å². The summed E-state index contributed by atoms with van der Waals surface area (Å²) in [4.78, 5) is 0. The van der Waals surface area contributed by atoms with Crippen LogP contribution in [-0.2, 0) is 0 Å². The second-order valence-electron chi connectivity index (χ2n) is 5.70. The van der Waals surface area contributed by atoms with Gasteiger partial charge in [-0.05, 0) is 17.5 Å². The van der Waals surface area contributed by atoms with Gasteiger partial charge in [-0.3, -0.25) is 5.32 Å². The fourth-order valence-electron chi connectivity index (χ4n) is 2.85. The third-order valence-electron chi connectivity index (χ3n) is 3.91. The van der Waals surface area contributed by atoms with Gasteiger partial charge >= 0.3 is 0 Å². The number of benzene rings is 2. The quantitative estimate of drug-likeness (QED) is 0.900. The topological polar surface area (TPSA) is 21.3 Å². The maximum Gasteiger partial charge on any atom is 0.124 e. The smallest absolute Gasteiger partial charge is 0.124 e. The first-order valence-electron chi connectivity index (χ1n) is 7.28. The van der Waals surface area contributed by atoms with Gasteiger partial charge in [-0.1, -0.05) is 62.4 Å². The number of para-hydroxylation sites is 1. The molecular formula is C18H21NO. The maximum atomic E-state index is 5.77. The predicted molar refractivity (Wildman–Crippen MR) is 81.8 cm³/mol. The van der Waals surface area contributed by atoms with Gasteiger partial charge in [0, 0.05) is 11.6 Å². The molecule has 2 aromatic carbocycles. The molecule has 1 N–H and O–H groups in total. The molecule has 1 aliphatic rings. The molecule has 0 spiro atoms. The summed E-state index contributed by atoms with van der Waals surface area (Å²) in [6.07, 6.45) is 0. The number of fused-ring (bicyclic) bond motifs is 1. The Morgan fingerprint density at radius 2 is 1.70 bits per heavy atom. The van der Waals surface area contributed by atoms with Crippen LogP contribution in [0.5, 0.6) is 5.75 Å². The average Bonchev–Trinajstić information content (AvgIpc) is 2.88. The van der Waals surface area contributed by atoms with Crippen LogP contribution in [-0.4, -0.2) is 6.61 Å². The lowest BCUT2D eigenvalue weighted by Gasteiger charge is -2.26. The highest BCUT2D eigenvalue weighted by Crippen LogP contribution is 2.34. The number of nitrogens with one attached hydrogen (secondary N) is 1. The second-order valence-corrected chi connectivity index (χ2v) is 5.70. The zero-order valence-corrected chi connectivity index (χ0v) is 12.0. The van der Waals surface area contributed by atoms with E-state index >= 15 is 0 Å². The van der Waals surface area contributed by atoms with Crippen LogP contribution in [0.25, 0.3) is 0 Å². The molecule has 0 saturated carbocycles. The van der Waals surface area contributed by atoms with Crippen LogP contribution in [0.1, 0.15) is 37.1 Å². The van der Waals surface area contributed by atoms with Crippen LogP contribution in [0.15, 0.2) is 54.6 Å². The van der Waals surface area contributed by atoms with Gasteiger partial charge in [0.25, 0.3) is 0 Å². The summed E-state index contributed by atoms with van der Waals surface area (Å²) in [6.45, 7) is 5.23. The molecule has 0 saturated heterocycles. The Bertz CT molecular complexity index is 565. The van der Waals surface area contributed by atoms with Gasteiger partial charge in [-0.15, -0.1) is 0 Å². The summed E-state index contributed by atoms with van der Waals surface area (Å²) in [5.74, 6) is 1.55. The van der Waals surface area contributed by atoms with Gasteiger partial charge in [-0.2, -0.15) is 0 Å². The highest BCUT2D eigenvalue weighted by Gasteiger charge is 2.27. The van der Waals surface area contributed by atoms with Crippen molar-refractivity contribution in [3.05, 3.63) is 65.7 Å². The van der Waals surface area contributed by atoms with Crippen molar-refractivity contribution in [2.24, 2.45) is 5.92 Å². The zero-order valence-electron chi connectivity index (χ0n) is 12.0. The molecule has 0 bridgehead atoms. The van der Waals surface area contributed by atoms with Crippen molar-refractivity contribution in [1.82, 2.24) is 5.32 Å². The molecule has 3 rings (SSSR count). The minimum atomic E-state index is 0.277. The van der Waals surface area contributed by atoms with Crippen molar-refractivity contribution in [3.63, 3.8) is 0 Å². The average molecular weight is 267 g/mol. The third kappa shape index (κ3) is 2.56. The van der Waals surface area contributed by atoms with Crippen LogP contribution >= 0.6 is 0 Å². The SMILES string of the molecule is CC(C)C(NC1COc2ccccc21)c1ccccc1. The highest BCUT2D eigenvalue weighted by molar-refractivity contribution is 5.39. The first-order valence-corrected chi connectivity index (χ1v) is 7.28. The maximum absolute atomic E-state index is 5.77. The lowest BCUT2D eigenvalue weighted by Crippen LogP contribution is -2.30. The predicted octanol–water partition coefficient (Wildman–Crippen LogP) is 4.11. The molecular weight excluding hydrogens is 246 g/mol. The van der Waals surface area contributed by atoms with Crippen molar-refractivity contribution in [2.45, 2.75) is 25.9 Å². The Morgan fingerprint density at radius 1 is 1.00 bits per heavy atom. The van der Waals surface area contributed by atoms with E-state index in [9.17, 15) is 0 Å². The van der Waals surface area contributed by atoms with Crippen LogP contribution in [0.3, 0.4) is 0 Å². The van der Waals surface area contributed by atoms with Crippen molar-refractivity contribution in [1.29, 1.82) is 0 Å². The molecule has 0 aromatic heterocycles. The Morgan fingerprint density at radius 3 is 2.45 bits per heavy atom. The van der Waals surface area contributed by atoms with E-state index in [1.165, 1.54) is 11.1 Å². The van der Waals surface area contributed by atoms with Crippen molar-refractivity contribution in [3.8, 4) is 5.75 Å². The molecule has 2 heteroatoms. The van der Waals surface area contributed by atoms with E-state index in [0.29, 0.717) is 12.0 Å². The summed E-state index contributed by atoms with van der Waals surface area (Å²) in [5.41, 5.74) is 2.61. The number of hydrogen-bond acceptors (Lipinski definition) is 2. The minimum Gasteiger partial charge on any atom is -0.491 e. The molecule has 2 atom stereocenters. The molecule has 2 unspecified atom stereocenters. The molecule has 2 aromatic rings. The van der Waals surface area contributed by atoms with Gasteiger partial charge in [-0.25, -0.2) is 0 Å². The van der Waals surface area contributed by atoms with E-state index in [0.717, 1.165) is 12.4 Å².